The molecule has 1 saturated heterocycles. The number of carboxylic acids is 2. The first-order valence-corrected chi connectivity index (χ1v) is 22.2. The van der Waals surface area contributed by atoms with E-state index < -0.39 is 68.4 Å². The summed E-state index contributed by atoms with van der Waals surface area (Å²) in [5.41, 5.74) is -2.03. The topological polar surface area (TPSA) is 216 Å². The number of rotatable bonds is 25. The van der Waals surface area contributed by atoms with Crippen LogP contribution >= 0.6 is 21.6 Å². The van der Waals surface area contributed by atoms with Crippen LogP contribution in [-0.4, -0.2) is 121 Å². The predicted molar refractivity (Wildman–Crippen MR) is 206 cm³/mol. The maximum Gasteiger partial charge on any atom is 0.307 e. The first-order chi connectivity index (χ1) is 23.9. The second kappa shape index (κ2) is 21.7. The largest absolute Gasteiger partial charge is 0.481 e. The molecule has 0 bridgehead atoms. The summed E-state index contributed by atoms with van der Waals surface area (Å²) in [5.74, 6) is -7.35. The minimum Gasteiger partial charge on any atom is -0.481 e. The van der Waals surface area contributed by atoms with E-state index in [-0.39, 0.29) is 44.1 Å². The zero-order valence-electron chi connectivity index (χ0n) is 32.4. The molecule has 1 fully saturated rings. The number of amides is 3. The fraction of sp³-hybridized carbons (Fsp3) is 0.857. The van der Waals surface area contributed by atoms with Gasteiger partial charge in [0.25, 0.3) is 10.1 Å². The number of carbonyl (C=O) groups is 5. The molecule has 0 radical (unpaired) electrons. The van der Waals surface area contributed by atoms with Gasteiger partial charge in [-0.1, -0.05) is 69.6 Å². The van der Waals surface area contributed by atoms with Crippen molar-refractivity contribution in [1.29, 1.82) is 0 Å². The molecule has 0 spiro atoms. The highest BCUT2D eigenvalue weighted by Crippen LogP contribution is 2.44. The van der Waals surface area contributed by atoms with E-state index in [0.717, 1.165) is 19.3 Å². The van der Waals surface area contributed by atoms with Crippen LogP contribution in [0.1, 0.15) is 92.9 Å². The van der Waals surface area contributed by atoms with Crippen molar-refractivity contribution in [2.24, 2.45) is 34.5 Å². The van der Waals surface area contributed by atoms with Gasteiger partial charge < -0.3 is 30.6 Å². The third kappa shape index (κ3) is 18.3. The standard InChI is InChI=1S/C35H64N4O10S3/c1-24(30(41)37-16-11-19-39(7,8)20-12-22-52(47,48)49)28(33(45)46)35(5,6)23-26(32(43)44)29(34(2,3)4)31(42)38-18-17-36-27(40)14-10-9-13-25-15-21-50-51-25/h24-26,28-29H,9-23H2,1-8H3,(H5-,36,37,38,40,41,42,43,44,45,46,47,48,49)/p+1. The number of hydrogen-bond acceptors (Lipinski definition) is 9. The summed E-state index contributed by atoms with van der Waals surface area (Å²) in [6, 6.07) is 0. The van der Waals surface area contributed by atoms with Crippen molar-refractivity contribution in [2.75, 3.05) is 58.3 Å². The van der Waals surface area contributed by atoms with Crippen LogP contribution in [-0.2, 0) is 34.1 Å². The zero-order chi connectivity index (χ0) is 39.9. The molecular formula is C35H65N4O10S3+. The second-order valence-electron chi connectivity index (χ2n) is 16.5. The van der Waals surface area contributed by atoms with E-state index >= 15 is 0 Å². The predicted octanol–water partition coefficient (Wildman–Crippen LogP) is 3.91. The van der Waals surface area contributed by atoms with Crippen LogP contribution in [0.4, 0.5) is 0 Å². The van der Waals surface area contributed by atoms with Gasteiger partial charge in [0.1, 0.15) is 0 Å². The van der Waals surface area contributed by atoms with Crippen molar-refractivity contribution in [3.8, 4) is 0 Å². The van der Waals surface area contributed by atoms with Gasteiger partial charge in [-0.05, 0) is 36.5 Å². The van der Waals surface area contributed by atoms with Gasteiger partial charge in [-0.3, -0.25) is 28.5 Å². The van der Waals surface area contributed by atoms with E-state index in [2.05, 4.69) is 16.0 Å². The first-order valence-electron chi connectivity index (χ1n) is 18.2. The van der Waals surface area contributed by atoms with Gasteiger partial charge in [-0.25, -0.2) is 0 Å². The number of quaternary nitrogens is 1. The average Bonchev–Trinajstić information content (AvgIpc) is 3.51. The van der Waals surface area contributed by atoms with Crippen LogP contribution in [0.25, 0.3) is 0 Å². The molecule has 6 N–H and O–H groups in total. The molecule has 1 aliphatic heterocycles. The molecule has 17 heteroatoms. The molecule has 0 aromatic rings. The Balaban J connectivity index is 2.82. The number of unbranched alkanes of at least 4 members (excludes halogenated alkanes) is 1. The van der Waals surface area contributed by atoms with Crippen molar-refractivity contribution in [1.82, 2.24) is 16.0 Å². The van der Waals surface area contributed by atoms with Crippen LogP contribution in [0.3, 0.4) is 0 Å². The summed E-state index contributed by atoms with van der Waals surface area (Å²) in [7, 11) is 3.58. The molecule has 5 atom stereocenters. The minimum absolute atomic E-state index is 0.102. The Bertz CT molecular complexity index is 1300. The van der Waals surface area contributed by atoms with Crippen LogP contribution in [0.2, 0.25) is 0 Å². The van der Waals surface area contributed by atoms with Gasteiger partial charge >= 0.3 is 11.9 Å². The zero-order valence-corrected chi connectivity index (χ0v) is 34.8. The molecule has 0 saturated carbocycles. The molecular weight excluding hydrogens is 733 g/mol. The maximum atomic E-state index is 13.6. The number of nitrogens with one attached hydrogen (secondary N) is 3. The van der Waals surface area contributed by atoms with Crippen LogP contribution in [0.15, 0.2) is 0 Å². The number of carbonyl (C=O) groups excluding carboxylic acids is 3. The Morgan fingerprint density at radius 2 is 1.42 bits per heavy atom. The molecule has 3 amide bonds. The Morgan fingerprint density at radius 3 is 1.96 bits per heavy atom. The van der Waals surface area contributed by atoms with Crippen molar-refractivity contribution >= 4 is 61.4 Å². The van der Waals surface area contributed by atoms with Crippen LogP contribution < -0.4 is 16.0 Å². The van der Waals surface area contributed by atoms with Crippen LogP contribution in [0, 0.1) is 34.5 Å². The Hall–Kier alpha value is -2.08. The summed E-state index contributed by atoms with van der Waals surface area (Å²) in [6.07, 6.45) is 5.11. The number of nitrogens with zero attached hydrogens (tertiary/aromatic N) is 1. The third-order valence-corrected chi connectivity index (χ3v) is 13.6. The lowest BCUT2D eigenvalue weighted by Crippen LogP contribution is -2.50. The highest BCUT2D eigenvalue weighted by atomic mass is 33.1. The maximum absolute atomic E-state index is 13.6. The first kappa shape index (κ1) is 47.9. The van der Waals surface area contributed by atoms with Gasteiger partial charge in [0.15, 0.2) is 0 Å². The molecule has 0 aromatic carbocycles. The molecule has 52 heavy (non-hydrogen) atoms. The minimum atomic E-state index is -4.04. The Morgan fingerprint density at radius 1 is 0.827 bits per heavy atom. The van der Waals surface area contributed by atoms with Crippen molar-refractivity contribution in [3.05, 3.63) is 0 Å². The lowest BCUT2D eigenvalue weighted by atomic mass is 9.62. The van der Waals surface area contributed by atoms with E-state index in [9.17, 15) is 42.6 Å². The van der Waals surface area contributed by atoms with E-state index in [1.807, 2.05) is 35.7 Å². The highest BCUT2D eigenvalue weighted by Gasteiger charge is 2.49. The van der Waals surface area contributed by atoms with Crippen molar-refractivity contribution < 1.29 is 51.6 Å². The van der Waals surface area contributed by atoms with Gasteiger partial charge in [-0.15, -0.1) is 0 Å². The molecule has 1 heterocycles. The third-order valence-electron chi connectivity index (χ3n) is 9.76. The summed E-state index contributed by atoms with van der Waals surface area (Å²) >= 11 is 0. The molecule has 5 unspecified atom stereocenters. The van der Waals surface area contributed by atoms with Crippen molar-refractivity contribution in [2.45, 2.75) is 98.2 Å². The number of carboxylic acid groups (broad SMARTS) is 2. The molecule has 14 nitrogen and oxygen atoms in total. The fourth-order valence-corrected chi connectivity index (χ4v) is 10.6. The Kier molecular flexibility index (Phi) is 20.0. The molecule has 1 rings (SSSR count). The fourth-order valence-electron chi connectivity index (χ4n) is 7.07. The normalized spacial score (nSPS) is 17.8. The van der Waals surface area contributed by atoms with Gasteiger partial charge in [-0.2, -0.15) is 8.42 Å². The van der Waals surface area contributed by atoms with Crippen LogP contribution in [0.5, 0.6) is 0 Å². The van der Waals surface area contributed by atoms with Crippen molar-refractivity contribution in [3.63, 3.8) is 0 Å². The summed E-state index contributed by atoms with van der Waals surface area (Å²) in [6.45, 7) is 11.6. The highest BCUT2D eigenvalue weighted by molar-refractivity contribution is 8.77. The van der Waals surface area contributed by atoms with E-state index in [0.29, 0.717) is 35.7 Å². The summed E-state index contributed by atoms with van der Waals surface area (Å²) < 4.78 is 31.4. The molecule has 0 aliphatic carbocycles. The SMILES string of the molecule is CC(C(=O)NCCC[N+](C)(C)CCCS(=O)(=O)O)C(C(=O)O)C(C)(C)CC(C(=O)O)C(C(=O)NCCNC(=O)CCCCC1CCSS1)C(C)(C)C. The molecule has 1 aliphatic rings. The molecule has 302 valence electrons. The lowest BCUT2D eigenvalue weighted by Gasteiger charge is -2.41. The average molecular weight is 798 g/mol. The smallest absolute Gasteiger partial charge is 0.307 e. The summed E-state index contributed by atoms with van der Waals surface area (Å²) in [5, 5.41) is 29.7. The molecule has 0 aromatic heterocycles. The van der Waals surface area contributed by atoms with E-state index in [1.165, 1.54) is 19.1 Å². The Labute approximate surface area is 318 Å². The van der Waals surface area contributed by atoms with Gasteiger partial charge in [0.05, 0.1) is 50.7 Å². The van der Waals surface area contributed by atoms with Gasteiger partial charge in [0.2, 0.25) is 17.7 Å². The number of aliphatic carboxylic acids is 2. The van der Waals surface area contributed by atoms with E-state index in [4.69, 9.17) is 4.55 Å². The quantitative estimate of drug-likeness (QED) is 0.0336. The second-order valence-corrected chi connectivity index (χ2v) is 20.8. The monoisotopic (exact) mass is 797 g/mol. The summed E-state index contributed by atoms with van der Waals surface area (Å²) in [4.78, 5) is 64.5. The van der Waals surface area contributed by atoms with E-state index in [1.54, 1.807) is 34.6 Å². The number of hydrogen-bond donors (Lipinski definition) is 6. The van der Waals surface area contributed by atoms with Gasteiger partial charge in [0, 0.05) is 55.8 Å². The lowest BCUT2D eigenvalue weighted by molar-refractivity contribution is -0.890.